The molecule has 0 atom stereocenters. The molecule has 0 saturated carbocycles. The lowest BCUT2D eigenvalue weighted by Gasteiger charge is -2.29. The van der Waals surface area contributed by atoms with Gasteiger partial charge in [-0.25, -0.2) is 4.39 Å². The summed E-state index contributed by atoms with van der Waals surface area (Å²) in [6.07, 6.45) is 1.88. The van der Waals surface area contributed by atoms with Gasteiger partial charge < -0.3 is 14.6 Å². The molecule has 110 valence electrons. The van der Waals surface area contributed by atoms with Crippen molar-refractivity contribution >= 4 is 21.8 Å². The summed E-state index contributed by atoms with van der Waals surface area (Å²) in [7, 11) is 0. The molecule has 0 radical (unpaired) electrons. The highest BCUT2D eigenvalue weighted by Gasteiger charge is 2.25. The van der Waals surface area contributed by atoms with E-state index < -0.39 is 0 Å². The van der Waals surface area contributed by atoms with Crippen molar-refractivity contribution in [2.24, 2.45) is 0 Å². The Labute approximate surface area is 129 Å². The second-order valence-corrected chi connectivity index (χ2v) is 5.95. The molecule has 1 aromatic carbocycles. The van der Waals surface area contributed by atoms with Gasteiger partial charge in [0.1, 0.15) is 11.5 Å². The molecule has 2 heterocycles. The van der Waals surface area contributed by atoms with Crippen molar-refractivity contribution in [3.05, 3.63) is 57.6 Å². The Balaban J connectivity index is 1.87. The van der Waals surface area contributed by atoms with Crippen LogP contribution in [-0.4, -0.2) is 27.0 Å². The molecule has 4 nitrogen and oxygen atoms in total. The van der Waals surface area contributed by atoms with Crippen molar-refractivity contribution in [2.75, 3.05) is 6.54 Å². The minimum atomic E-state index is -0.363. The van der Waals surface area contributed by atoms with Crippen molar-refractivity contribution in [3.63, 3.8) is 0 Å². The molecule has 0 saturated heterocycles. The fraction of sp³-hybridized carbons (Fsp3) is 0.267. The highest BCUT2D eigenvalue weighted by atomic mass is 79.9. The Morgan fingerprint density at radius 1 is 1.24 bits per heavy atom. The third-order valence-corrected chi connectivity index (χ3v) is 4.11. The van der Waals surface area contributed by atoms with E-state index in [1.54, 1.807) is 17.0 Å². The van der Waals surface area contributed by atoms with E-state index >= 15 is 0 Å². The van der Waals surface area contributed by atoms with Gasteiger partial charge in [-0.15, -0.1) is 0 Å². The van der Waals surface area contributed by atoms with Gasteiger partial charge in [0.25, 0.3) is 5.91 Å². The quantitative estimate of drug-likeness (QED) is 0.922. The van der Waals surface area contributed by atoms with E-state index in [0.717, 1.165) is 4.47 Å². The number of halogens is 2. The third kappa shape index (κ3) is 2.73. The van der Waals surface area contributed by atoms with Gasteiger partial charge in [0.15, 0.2) is 0 Å². The van der Waals surface area contributed by atoms with Gasteiger partial charge in [-0.2, -0.15) is 0 Å². The maximum atomic E-state index is 13.4. The number of hydrogen-bond donors (Lipinski definition) is 1. The normalized spacial score (nSPS) is 14.4. The van der Waals surface area contributed by atoms with Crippen LogP contribution in [-0.2, 0) is 19.7 Å². The van der Waals surface area contributed by atoms with Gasteiger partial charge in [-0.3, -0.25) is 4.79 Å². The molecule has 1 N–H and O–H groups in total. The minimum Gasteiger partial charge on any atom is -0.392 e. The van der Waals surface area contributed by atoms with Crippen LogP contribution in [0.15, 0.2) is 34.9 Å². The predicted molar refractivity (Wildman–Crippen MR) is 79.2 cm³/mol. The van der Waals surface area contributed by atoms with Gasteiger partial charge in [0, 0.05) is 30.3 Å². The van der Waals surface area contributed by atoms with E-state index in [1.165, 1.54) is 12.1 Å². The number of rotatable bonds is 3. The molecular weight excluding hydrogens is 339 g/mol. The second-order valence-electron chi connectivity index (χ2n) is 5.03. The molecule has 1 amide bonds. The van der Waals surface area contributed by atoms with Crippen molar-refractivity contribution in [2.45, 2.75) is 19.7 Å². The SMILES string of the molecule is O=C1c2cc(Br)cn2CCN1Cc1cc(F)ccc1CO. The zero-order chi connectivity index (χ0) is 15.0. The zero-order valence-corrected chi connectivity index (χ0v) is 12.8. The second kappa shape index (κ2) is 5.61. The Morgan fingerprint density at radius 2 is 2.05 bits per heavy atom. The van der Waals surface area contributed by atoms with Crippen molar-refractivity contribution in [1.29, 1.82) is 0 Å². The molecule has 1 aliphatic heterocycles. The van der Waals surface area contributed by atoms with Gasteiger partial charge in [-0.05, 0) is 45.3 Å². The maximum absolute atomic E-state index is 13.4. The molecule has 0 bridgehead atoms. The Morgan fingerprint density at radius 3 is 2.81 bits per heavy atom. The number of nitrogens with zero attached hydrogens (tertiary/aromatic N) is 2. The minimum absolute atomic E-state index is 0.0832. The molecule has 0 unspecified atom stereocenters. The number of aliphatic hydroxyl groups excluding tert-OH is 1. The highest BCUT2D eigenvalue weighted by Crippen LogP contribution is 2.22. The number of fused-ring (bicyclic) bond motifs is 1. The van der Waals surface area contributed by atoms with Crippen LogP contribution < -0.4 is 0 Å². The first-order valence-corrected chi connectivity index (χ1v) is 7.41. The number of aliphatic hydroxyl groups is 1. The summed E-state index contributed by atoms with van der Waals surface area (Å²) in [5.74, 6) is -0.446. The average molecular weight is 353 g/mol. The summed E-state index contributed by atoms with van der Waals surface area (Å²) < 4.78 is 16.2. The van der Waals surface area contributed by atoms with Crippen LogP contribution in [0.2, 0.25) is 0 Å². The van der Waals surface area contributed by atoms with E-state index in [-0.39, 0.29) is 18.3 Å². The fourth-order valence-electron chi connectivity index (χ4n) is 2.58. The monoisotopic (exact) mass is 352 g/mol. The number of amides is 1. The van der Waals surface area contributed by atoms with Gasteiger partial charge in [0.05, 0.1) is 6.61 Å². The van der Waals surface area contributed by atoms with E-state index in [0.29, 0.717) is 36.5 Å². The highest BCUT2D eigenvalue weighted by molar-refractivity contribution is 9.10. The zero-order valence-electron chi connectivity index (χ0n) is 11.2. The van der Waals surface area contributed by atoms with Gasteiger partial charge in [0.2, 0.25) is 0 Å². The molecular formula is C15H14BrFN2O2. The lowest BCUT2D eigenvalue weighted by Crippen LogP contribution is -2.39. The first-order chi connectivity index (χ1) is 10.1. The number of benzene rings is 1. The van der Waals surface area contributed by atoms with Crippen LogP contribution in [0.3, 0.4) is 0 Å². The van der Waals surface area contributed by atoms with Crippen LogP contribution in [0, 0.1) is 5.82 Å². The summed E-state index contributed by atoms with van der Waals surface area (Å²) in [6.45, 7) is 1.40. The van der Waals surface area contributed by atoms with Crippen LogP contribution in [0.25, 0.3) is 0 Å². The van der Waals surface area contributed by atoms with Crippen molar-refractivity contribution in [1.82, 2.24) is 9.47 Å². The molecule has 6 heteroatoms. The lowest BCUT2D eigenvalue weighted by molar-refractivity contribution is 0.0689. The predicted octanol–water partition coefficient (Wildman–Crippen LogP) is 2.54. The average Bonchev–Trinajstić information content (AvgIpc) is 2.84. The molecule has 0 fully saturated rings. The molecule has 2 aromatic rings. The van der Waals surface area contributed by atoms with Crippen molar-refractivity contribution < 1.29 is 14.3 Å². The number of hydrogen-bond acceptors (Lipinski definition) is 2. The summed E-state index contributed by atoms with van der Waals surface area (Å²) in [5.41, 5.74) is 1.91. The fourth-order valence-corrected chi connectivity index (χ4v) is 3.05. The van der Waals surface area contributed by atoms with Gasteiger partial charge >= 0.3 is 0 Å². The van der Waals surface area contributed by atoms with Gasteiger partial charge in [-0.1, -0.05) is 6.07 Å². The molecule has 1 aliphatic rings. The maximum Gasteiger partial charge on any atom is 0.270 e. The van der Waals surface area contributed by atoms with E-state index in [2.05, 4.69) is 15.9 Å². The van der Waals surface area contributed by atoms with E-state index in [4.69, 9.17) is 0 Å². The lowest BCUT2D eigenvalue weighted by atomic mass is 10.1. The topological polar surface area (TPSA) is 45.5 Å². The molecule has 0 aliphatic carbocycles. The Bertz CT molecular complexity index is 699. The van der Waals surface area contributed by atoms with Crippen molar-refractivity contribution in [3.8, 4) is 0 Å². The largest absolute Gasteiger partial charge is 0.392 e. The first-order valence-electron chi connectivity index (χ1n) is 6.61. The number of carbonyl (C=O) groups is 1. The number of aromatic nitrogens is 1. The number of carbonyl (C=O) groups excluding carboxylic acids is 1. The van der Waals surface area contributed by atoms with Crippen LogP contribution in [0.5, 0.6) is 0 Å². The summed E-state index contributed by atoms with van der Waals surface area (Å²) >= 11 is 3.36. The Kier molecular flexibility index (Phi) is 3.82. The van der Waals surface area contributed by atoms with Crippen LogP contribution in [0.1, 0.15) is 21.6 Å². The molecule has 3 rings (SSSR count). The standard InChI is InChI=1S/C15H14BrFN2O2/c16-12-6-14-15(21)19(4-3-18(14)8-12)7-11-5-13(17)2-1-10(11)9-20/h1-2,5-6,8,20H,3-4,7,9H2. The molecule has 21 heavy (non-hydrogen) atoms. The summed E-state index contributed by atoms with van der Waals surface area (Å²) in [4.78, 5) is 14.1. The summed E-state index contributed by atoms with van der Waals surface area (Å²) in [5, 5.41) is 9.33. The smallest absolute Gasteiger partial charge is 0.270 e. The van der Waals surface area contributed by atoms with Crippen LogP contribution >= 0.6 is 15.9 Å². The molecule has 1 aromatic heterocycles. The van der Waals surface area contributed by atoms with Crippen LogP contribution in [0.4, 0.5) is 4.39 Å². The third-order valence-electron chi connectivity index (χ3n) is 3.68. The Hall–Kier alpha value is -1.66. The summed E-state index contributed by atoms with van der Waals surface area (Å²) in [6, 6.07) is 6.03. The van der Waals surface area contributed by atoms with E-state index in [9.17, 15) is 14.3 Å². The van der Waals surface area contributed by atoms with E-state index in [1.807, 2.05) is 10.8 Å². The molecule has 0 spiro atoms. The first kappa shape index (κ1) is 14.3.